The second-order valence-corrected chi connectivity index (χ2v) is 6.84. The largest absolute Gasteiger partial charge is 0.338 e. The van der Waals surface area contributed by atoms with Crippen LogP contribution < -0.4 is 5.73 Å². The third-order valence-corrected chi connectivity index (χ3v) is 3.85. The minimum Gasteiger partial charge on any atom is -0.338 e. The Morgan fingerprint density at radius 1 is 1.50 bits per heavy atom. The summed E-state index contributed by atoms with van der Waals surface area (Å²) < 4.78 is 1.83. The van der Waals surface area contributed by atoms with Crippen LogP contribution in [-0.4, -0.2) is 40.2 Å². The van der Waals surface area contributed by atoms with Gasteiger partial charge in [0.2, 0.25) is 0 Å². The quantitative estimate of drug-likeness (QED) is 0.907. The topological polar surface area (TPSA) is 64.2 Å². The molecule has 0 radical (unpaired) electrons. The van der Waals surface area contributed by atoms with Gasteiger partial charge in [0.15, 0.2) is 0 Å². The van der Waals surface area contributed by atoms with Crippen LogP contribution >= 0.6 is 12.4 Å². The Balaban J connectivity index is 0.00000200. The summed E-state index contributed by atoms with van der Waals surface area (Å²) in [7, 11) is 0. The summed E-state index contributed by atoms with van der Waals surface area (Å²) >= 11 is 0. The first kappa shape index (κ1) is 17.0. The fourth-order valence-corrected chi connectivity index (χ4v) is 2.35. The lowest BCUT2D eigenvalue weighted by molar-refractivity contribution is 0.0776. The Morgan fingerprint density at radius 2 is 2.15 bits per heavy atom. The molecule has 1 aromatic rings. The molecule has 2 rings (SSSR count). The molecule has 6 heteroatoms. The number of halogens is 1. The van der Waals surface area contributed by atoms with Crippen molar-refractivity contribution in [3.05, 3.63) is 18.0 Å². The first-order valence-corrected chi connectivity index (χ1v) is 6.80. The molecule has 1 unspecified atom stereocenters. The standard InChI is InChI=1S/C14H24N4O.ClH/c1-13(2,3)18-8-11(7-16-18)12(19)17-6-5-14(4,9-15)10-17;/h7-8H,5-6,9-10,15H2,1-4H3;1H. The van der Waals surface area contributed by atoms with Gasteiger partial charge in [-0.3, -0.25) is 9.48 Å². The molecule has 1 aliphatic heterocycles. The zero-order valence-electron chi connectivity index (χ0n) is 12.7. The monoisotopic (exact) mass is 300 g/mol. The highest BCUT2D eigenvalue weighted by molar-refractivity contribution is 5.94. The highest BCUT2D eigenvalue weighted by Crippen LogP contribution is 2.29. The number of likely N-dealkylation sites (tertiary alicyclic amines) is 1. The Morgan fingerprint density at radius 3 is 2.60 bits per heavy atom. The molecule has 5 nitrogen and oxygen atoms in total. The fraction of sp³-hybridized carbons (Fsp3) is 0.714. The molecule has 0 saturated carbocycles. The van der Waals surface area contributed by atoms with Gasteiger partial charge >= 0.3 is 0 Å². The predicted molar refractivity (Wildman–Crippen MR) is 82.2 cm³/mol. The maximum atomic E-state index is 12.4. The number of nitrogens with zero attached hydrogens (tertiary/aromatic N) is 3. The molecule has 2 N–H and O–H groups in total. The summed E-state index contributed by atoms with van der Waals surface area (Å²) in [6.07, 6.45) is 4.47. The van der Waals surface area contributed by atoms with Crippen LogP contribution in [0.15, 0.2) is 12.4 Å². The van der Waals surface area contributed by atoms with Gasteiger partial charge in [0.1, 0.15) is 0 Å². The summed E-state index contributed by atoms with van der Waals surface area (Å²) in [6, 6.07) is 0. The summed E-state index contributed by atoms with van der Waals surface area (Å²) in [6.45, 7) is 10.5. The van der Waals surface area contributed by atoms with Gasteiger partial charge in [-0.25, -0.2) is 0 Å². The average Bonchev–Trinajstić information content (AvgIpc) is 2.94. The normalized spacial score (nSPS) is 22.8. The number of nitrogens with two attached hydrogens (primary N) is 1. The number of carbonyl (C=O) groups excluding carboxylic acids is 1. The zero-order chi connectivity index (χ0) is 14.3. The van der Waals surface area contributed by atoms with Crippen molar-refractivity contribution in [2.24, 2.45) is 11.1 Å². The van der Waals surface area contributed by atoms with Crippen LogP contribution in [0.25, 0.3) is 0 Å². The van der Waals surface area contributed by atoms with E-state index in [9.17, 15) is 4.79 Å². The number of hydrogen-bond donors (Lipinski definition) is 1. The van der Waals surface area contributed by atoms with Crippen LogP contribution in [0.1, 0.15) is 44.5 Å². The molecule has 1 saturated heterocycles. The lowest BCUT2D eigenvalue weighted by atomic mass is 9.90. The van der Waals surface area contributed by atoms with Crippen LogP contribution in [0.2, 0.25) is 0 Å². The Labute approximate surface area is 126 Å². The molecule has 0 spiro atoms. The van der Waals surface area contributed by atoms with Crippen molar-refractivity contribution in [3.8, 4) is 0 Å². The van der Waals surface area contributed by atoms with Crippen LogP contribution in [0.3, 0.4) is 0 Å². The maximum Gasteiger partial charge on any atom is 0.257 e. The highest BCUT2D eigenvalue weighted by Gasteiger charge is 2.35. The van der Waals surface area contributed by atoms with E-state index in [1.54, 1.807) is 6.20 Å². The fourth-order valence-electron chi connectivity index (χ4n) is 2.35. The van der Waals surface area contributed by atoms with Crippen molar-refractivity contribution < 1.29 is 4.79 Å². The Bertz CT molecular complexity index is 480. The first-order valence-electron chi connectivity index (χ1n) is 6.80. The van der Waals surface area contributed by atoms with Gasteiger partial charge in [-0.05, 0) is 39.2 Å². The minimum atomic E-state index is -0.102. The SMILES string of the molecule is CC1(CN)CCN(C(=O)c2cnn(C(C)(C)C)c2)C1.Cl. The lowest BCUT2D eigenvalue weighted by Crippen LogP contribution is -2.34. The molecule has 1 aromatic heterocycles. The summed E-state index contributed by atoms with van der Waals surface area (Å²) in [4.78, 5) is 14.3. The third kappa shape index (κ3) is 3.33. The highest BCUT2D eigenvalue weighted by atomic mass is 35.5. The average molecular weight is 301 g/mol. The molecule has 1 atom stereocenters. The molecule has 20 heavy (non-hydrogen) atoms. The van der Waals surface area contributed by atoms with Gasteiger partial charge in [-0.2, -0.15) is 5.10 Å². The smallest absolute Gasteiger partial charge is 0.257 e. The van der Waals surface area contributed by atoms with Crippen LogP contribution in [0.5, 0.6) is 0 Å². The summed E-state index contributed by atoms with van der Waals surface area (Å²) in [5.41, 5.74) is 6.40. The van der Waals surface area contributed by atoms with E-state index in [0.29, 0.717) is 12.1 Å². The third-order valence-electron chi connectivity index (χ3n) is 3.85. The van der Waals surface area contributed by atoms with E-state index >= 15 is 0 Å². The predicted octanol–water partition coefficient (Wildman–Crippen LogP) is 1.87. The van der Waals surface area contributed by atoms with Gasteiger partial charge in [0.05, 0.1) is 17.3 Å². The lowest BCUT2D eigenvalue weighted by Gasteiger charge is -2.22. The summed E-state index contributed by atoms with van der Waals surface area (Å²) in [5.74, 6) is 0.0627. The van der Waals surface area contributed by atoms with Crippen molar-refractivity contribution in [3.63, 3.8) is 0 Å². The number of aromatic nitrogens is 2. The van der Waals surface area contributed by atoms with Crippen LogP contribution in [0, 0.1) is 5.41 Å². The van der Waals surface area contributed by atoms with E-state index in [-0.39, 0.29) is 29.3 Å². The second kappa shape index (κ2) is 5.74. The van der Waals surface area contributed by atoms with E-state index in [1.807, 2.05) is 15.8 Å². The number of amides is 1. The zero-order valence-corrected chi connectivity index (χ0v) is 13.5. The van der Waals surface area contributed by atoms with Gasteiger partial charge < -0.3 is 10.6 Å². The maximum absolute atomic E-state index is 12.4. The number of carbonyl (C=O) groups is 1. The molecule has 0 aromatic carbocycles. The molecule has 0 aliphatic carbocycles. The molecule has 0 bridgehead atoms. The molecular formula is C14H25ClN4O. The Hall–Kier alpha value is -1.07. The molecule has 114 valence electrons. The number of hydrogen-bond acceptors (Lipinski definition) is 3. The molecule has 1 fully saturated rings. The molecular weight excluding hydrogens is 276 g/mol. The van der Waals surface area contributed by atoms with Crippen molar-refractivity contribution in [1.29, 1.82) is 0 Å². The van der Waals surface area contributed by atoms with Crippen molar-refractivity contribution in [2.75, 3.05) is 19.6 Å². The van der Waals surface area contributed by atoms with Crippen molar-refractivity contribution >= 4 is 18.3 Å². The van der Waals surface area contributed by atoms with Crippen LogP contribution in [-0.2, 0) is 5.54 Å². The Kier molecular flexibility index (Phi) is 4.87. The molecule has 1 amide bonds. The van der Waals surface area contributed by atoms with E-state index in [0.717, 1.165) is 19.5 Å². The van der Waals surface area contributed by atoms with E-state index < -0.39 is 0 Å². The van der Waals surface area contributed by atoms with Gasteiger partial charge in [0, 0.05) is 19.3 Å². The van der Waals surface area contributed by atoms with E-state index in [2.05, 4.69) is 32.8 Å². The van der Waals surface area contributed by atoms with Crippen molar-refractivity contribution in [2.45, 2.75) is 39.7 Å². The second-order valence-electron chi connectivity index (χ2n) is 6.84. The first-order chi connectivity index (χ1) is 8.75. The number of rotatable bonds is 2. The van der Waals surface area contributed by atoms with E-state index in [1.165, 1.54) is 0 Å². The minimum absolute atomic E-state index is 0. The van der Waals surface area contributed by atoms with E-state index in [4.69, 9.17) is 5.73 Å². The molecule has 1 aliphatic rings. The summed E-state index contributed by atoms with van der Waals surface area (Å²) in [5, 5.41) is 4.28. The van der Waals surface area contributed by atoms with Crippen molar-refractivity contribution in [1.82, 2.24) is 14.7 Å². The van der Waals surface area contributed by atoms with Gasteiger partial charge in [-0.1, -0.05) is 6.92 Å². The van der Waals surface area contributed by atoms with Gasteiger partial charge in [-0.15, -0.1) is 12.4 Å². The van der Waals surface area contributed by atoms with Gasteiger partial charge in [0.25, 0.3) is 5.91 Å². The van der Waals surface area contributed by atoms with Crippen LogP contribution in [0.4, 0.5) is 0 Å². The molecule has 2 heterocycles.